The number of anilines is 1. The predicted molar refractivity (Wildman–Crippen MR) is 121 cm³/mol. The van der Waals surface area contributed by atoms with Crippen LogP contribution in [0.3, 0.4) is 0 Å². The van der Waals surface area contributed by atoms with E-state index in [2.05, 4.69) is 33.3 Å². The van der Waals surface area contributed by atoms with E-state index >= 15 is 0 Å². The Hall–Kier alpha value is -2.88. The summed E-state index contributed by atoms with van der Waals surface area (Å²) in [5.74, 6) is 1.03. The van der Waals surface area contributed by atoms with E-state index in [-0.39, 0.29) is 0 Å². The van der Waals surface area contributed by atoms with E-state index in [9.17, 15) is 5.26 Å². The molecular weight excluding hydrogens is 374 g/mol. The summed E-state index contributed by atoms with van der Waals surface area (Å²) in [6, 6.07) is 10.5. The molecule has 3 heterocycles. The van der Waals surface area contributed by atoms with Crippen molar-refractivity contribution >= 4 is 22.5 Å². The summed E-state index contributed by atoms with van der Waals surface area (Å²) in [4.78, 5) is 7.24. The number of nitrogens with zero attached hydrogens (tertiary/aromatic N) is 4. The van der Waals surface area contributed by atoms with Crippen molar-refractivity contribution in [2.75, 3.05) is 44.7 Å². The van der Waals surface area contributed by atoms with Gasteiger partial charge in [-0.2, -0.15) is 5.26 Å². The molecule has 0 saturated carbocycles. The number of fused-ring (bicyclic) bond motifs is 3. The standard InChI is InChI=1S/C24H29N5O/c1-17(2)15-19-18(3)20(16-25)24-27-21-7-4-5-8-22(21)29(24)23(19)26-9-6-10-28-11-13-30-14-12-28/h4-5,7-8,26H,1,6,9-15H2,2-3H3. The van der Waals surface area contributed by atoms with Gasteiger partial charge >= 0.3 is 0 Å². The molecule has 0 spiro atoms. The SMILES string of the molecule is C=C(C)Cc1c(C)c(C#N)c2nc3ccccc3n2c1NCCCN1CCOCC1. The molecule has 1 saturated heterocycles. The second-order valence-corrected chi connectivity index (χ2v) is 8.07. The zero-order valence-corrected chi connectivity index (χ0v) is 17.9. The lowest BCUT2D eigenvalue weighted by molar-refractivity contribution is 0.0378. The minimum atomic E-state index is 0.640. The van der Waals surface area contributed by atoms with Crippen molar-refractivity contribution in [2.24, 2.45) is 0 Å². The highest BCUT2D eigenvalue weighted by atomic mass is 16.5. The number of aromatic nitrogens is 2. The Balaban J connectivity index is 1.73. The average Bonchev–Trinajstić information content (AvgIpc) is 3.13. The van der Waals surface area contributed by atoms with Crippen LogP contribution in [0.4, 0.5) is 5.82 Å². The van der Waals surface area contributed by atoms with Crippen LogP contribution in [0, 0.1) is 18.3 Å². The first kappa shape index (κ1) is 20.4. The number of morpholine rings is 1. The molecule has 30 heavy (non-hydrogen) atoms. The number of rotatable bonds is 7. The molecule has 0 radical (unpaired) electrons. The molecule has 0 aliphatic carbocycles. The highest BCUT2D eigenvalue weighted by molar-refractivity contribution is 5.86. The second kappa shape index (κ2) is 8.86. The summed E-state index contributed by atoms with van der Waals surface area (Å²) < 4.78 is 7.56. The van der Waals surface area contributed by atoms with E-state index in [1.165, 1.54) is 0 Å². The molecule has 0 unspecified atom stereocenters. The topological polar surface area (TPSA) is 65.6 Å². The van der Waals surface area contributed by atoms with Crippen LogP contribution in [0.25, 0.3) is 16.7 Å². The first-order chi connectivity index (χ1) is 14.6. The molecule has 6 nitrogen and oxygen atoms in total. The van der Waals surface area contributed by atoms with Gasteiger partial charge in [0.25, 0.3) is 0 Å². The number of allylic oxidation sites excluding steroid dienone is 1. The van der Waals surface area contributed by atoms with Crippen LogP contribution in [0.5, 0.6) is 0 Å². The van der Waals surface area contributed by atoms with Crippen LogP contribution in [0.2, 0.25) is 0 Å². The lowest BCUT2D eigenvalue weighted by Crippen LogP contribution is -2.37. The molecule has 1 aromatic carbocycles. The maximum atomic E-state index is 9.89. The van der Waals surface area contributed by atoms with Gasteiger partial charge in [0.2, 0.25) is 0 Å². The van der Waals surface area contributed by atoms with Crippen LogP contribution < -0.4 is 5.32 Å². The van der Waals surface area contributed by atoms with E-state index in [0.717, 1.165) is 91.4 Å². The van der Waals surface area contributed by atoms with Crippen molar-refractivity contribution in [3.8, 4) is 6.07 Å². The Morgan fingerprint density at radius 2 is 2.07 bits per heavy atom. The molecule has 1 aliphatic rings. The number of para-hydroxylation sites is 2. The predicted octanol–water partition coefficient (Wildman–Crippen LogP) is 3.92. The molecule has 0 atom stereocenters. The van der Waals surface area contributed by atoms with Crippen molar-refractivity contribution in [1.29, 1.82) is 5.26 Å². The molecule has 156 valence electrons. The Labute approximate surface area is 177 Å². The van der Waals surface area contributed by atoms with Gasteiger partial charge in [-0.3, -0.25) is 9.30 Å². The normalized spacial score (nSPS) is 14.8. The smallest absolute Gasteiger partial charge is 0.157 e. The van der Waals surface area contributed by atoms with Crippen LogP contribution >= 0.6 is 0 Å². The van der Waals surface area contributed by atoms with E-state index < -0.39 is 0 Å². The fourth-order valence-corrected chi connectivity index (χ4v) is 4.22. The summed E-state index contributed by atoms with van der Waals surface area (Å²) >= 11 is 0. The lowest BCUT2D eigenvalue weighted by atomic mass is 9.99. The van der Waals surface area contributed by atoms with E-state index in [4.69, 9.17) is 9.72 Å². The lowest BCUT2D eigenvalue weighted by Gasteiger charge is -2.26. The molecule has 3 aromatic rings. The van der Waals surface area contributed by atoms with Gasteiger partial charge in [0.15, 0.2) is 5.65 Å². The maximum Gasteiger partial charge on any atom is 0.157 e. The van der Waals surface area contributed by atoms with Gasteiger partial charge in [-0.05, 0) is 50.9 Å². The summed E-state index contributed by atoms with van der Waals surface area (Å²) in [5, 5.41) is 13.6. The van der Waals surface area contributed by atoms with Crippen LogP contribution in [0.1, 0.15) is 30.0 Å². The van der Waals surface area contributed by atoms with Gasteiger partial charge in [-0.1, -0.05) is 24.3 Å². The van der Waals surface area contributed by atoms with Crippen LogP contribution in [-0.4, -0.2) is 53.7 Å². The monoisotopic (exact) mass is 403 g/mol. The minimum absolute atomic E-state index is 0.640. The Bertz CT molecular complexity index is 1120. The summed E-state index contributed by atoms with van der Waals surface area (Å²) in [5.41, 5.74) is 6.46. The summed E-state index contributed by atoms with van der Waals surface area (Å²) in [6.07, 6.45) is 1.77. The van der Waals surface area contributed by atoms with Gasteiger partial charge in [0.05, 0.1) is 29.8 Å². The van der Waals surface area contributed by atoms with Crippen LogP contribution in [0.15, 0.2) is 36.4 Å². The van der Waals surface area contributed by atoms with Crippen molar-refractivity contribution in [3.63, 3.8) is 0 Å². The van der Waals surface area contributed by atoms with Crippen molar-refractivity contribution < 1.29 is 4.74 Å². The quantitative estimate of drug-likeness (QED) is 0.478. The van der Waals surface area contributed by atoms with Crippen molar-refractivity contribution in [3.05, 3.63) is 53.1 Å². The van der Waals surface area contributed by atoms with Crippen molar-refractivity contribution in [2.45, 2.75) is 26.7 Å². The summed E-state index contributed by atoms with van der Waals surface area (Å²) in [7, 11) is 0. The number of nitriles is 1. The highest BCUT2D eigenvalue weighted by Crippen LogP contribution is 2.32. The first-order valence-electron chi connectivity index (χ1n) is 10.6. The molecule has 0 amide bonds. The highest BCUT2D eigenvalue weighted by Gasteiger charge is 2.20. The third-order valence-electron chi connectivity index (χ3n) is 5.76. The number of pyridine rings is 1. The number of hydrogen-bond acceptors (Lipinski definition) is 5. The Morgan fingerprint density at radius 3 is 2.80 bits per heavy atom. The van der Waals surface area contributed by atoms with Gasteiger partial charge in [-0.15, -0.1) is 0 Å². The van der Waals surface area contributed by atoms with Crippen molar-refractivity contribution in [1.82, 2.24) is 14.3 Å². The number of hydrogen-bond donors (Lipinski definition) is 1. The van der Waals surface area contributed by atoms with Gasteiger partial charge in [-0.25, -0.2) is 4.98 Å². The molecule has 4 rings (SSSR count). The molecule has 1 fully saturated rings. The first-order valence-corrected chi connectivity index (χ1v) is 10.6. The number of ether oxygens (including phenoxy) is 1. The number of imidazole rings is 1. The maximum absolute atomic E-state index is 9.89. The second-order valence-electron chi connectivity index (χ2n) is 8.07. The van der Waals surface area contributed by atoms with Crippen LogP contribution in [-0.2, 0) is 11.2 Å². The number of nitrogens with one attached hydrogen (secondary N) is 1. The zero-order valence-electron chi connectivity index (χ0n) is 17.9. The van der Waals surface area contributed by atoms with Gasteiger partial charge < -0.3 is 10.1 Å². The van der Waals surface area contributed by atoms with E-state index in [1.807, 2.05) is 32.0 Å². The van der Waals surface area contributed by atoms with Gasteiger partial charge in [0, 0.05) is 25.2 Å². The third kappa shape index (κ3) is 3.91. The summed E-state index contributed by atoms with van der Waals surface area (Å²) in [6.45, 7) is 13.7. The molecule has 1 N–H and O–H groups in total. The zero-order chi connectivity index (χ0) is 21.1. The van der Waals surface area contributed by atoms with Gasteiger partial charge in [0.1, 0.15) is 11.9 Å². The van der Waals surface area contributed by atoms with E-state index in [1.54, 1.807) is 0 Å². The fourth-order valence-electron chi connectivity index (χ4n) is 4.22. The molecule has 0 bridgehead atoms. The number of benzene rings is 1. The van der Waals surface area contributed by atoms with E-state index in [0.29, 0.717) is 5.56 Å². The Morgan fingerprint density at radius 1 is 1.30 bits per heavy atom. The fraction of sp³-hybridized carbons (Fsp3) is 0.417. The third-order valence-corrected chi connectivity index (χ3v) is 5.76. The molecular formula is C24H29N5O. The largest absolute Gasteiger partial charge is 0.379 e. The minimum Gasteiger partial charge on any atom is -0.379 e. The molecule has 2 aromatic heterocycles. The molecule has 1 aliphatic heterocycles. The molecule has 6 heteroatoms. The average molecular weight is 404 g/mol. The Kier molecular flexibility index (Phi) is 6.03.